The van der Waals surface area contributed by atoms with Gasteiger partial charge in [-0.15, -0.1) is 0 Å². The van der Waals surface area contributed by atoms with Gasteiger partial charge in [-0.2, -0.15) is 0 Å². The zero-order chi connectivity index (χ0) is 18.5. The first-order valence-corrected chi connectivity index (χ1v) is 25.6. The molecule has 1 aliphatic heterocycles. The molecule has 2 aliphatic rings. The van der Waals surface area contributed by atoms with Crippen LogP contribution in [0.1, 0.15) is 48.4 Å². The fourth-order valence-electron chi connectivity index (χ4n) is 4.31. The van der Waals surface area contributed by atoms with Crippen LogP contribution in [0, 0.1) is 0 Å². The minimum atomic E-state index is -4.22. The van der Waals surface area contributed by atoms with Gasteiger partial charge in [0.25, 0.3) is 0 Å². The van der Waals surface area contributed by atoms with Gasteiger partial charge >= 0.3 is 163 Å². The summed E-state index contributed by atoms with van der Waals surface area (Å²) in [5, 5.41) is 0. The second kappa shape index (κ2) is 6.78. The van der Waals surface area contributed by atoms with Crippen LogP contribution in [0.5, 0.6) is 0 Å². The summed E-state index contributed by atoms with van der Waals surface area (Å²) >= 11 is -4.22. The molecule has 0 amide bonds. The summed E-state index contributed by atoms with van der Waals surface area (Å²) in [5.41, 5.74) is 3.98. The van der Waals surface area contributed by atoms with Crippen LogP contribution in [-0.2, 0) is 15.8 Å². The Morgan fingerprint density at radius 1 is 1.12 bits per heavy atom. The van der Waals surface area contributed by atoms with Crippen LogP contribution in [-0.4, -0.2) is 29.5 Å². The topological polar surface area (TPSA) is 15.3 Å². The monoisotopic (exact) mass is 475 g/mol. The van der Waals surface area contributed by atoms with Crippen LogP contribution >= 0.6 is 17.0 Å². The molecule has 1 heterocycles. The molecule has 139 valence electrons. The molecule has 0 bridgehead atoms. The van der Waals surface area contributed by atoms with Crippen molar-refractivity contribution in [2.45, 2.75) is 55.9 Å². The number of fused-ring (bicyclic) bond motifs is 1. The maximum absolute atomic E-state index is 7.58. The average molecular weight is 478 g/mol. The molecular formula is C19H31Cl2N2SiZr. The standard InChI is InChI=1S/C13H14N.C4H10N.C2H7Si.2ClH.Zr/c1-2-6-12-11(5-1)7-8-13(12)14-9-3-4-10-14;1-4(2,3)5;1-3-2;;;/h1-2,5-8H,3-4,9-10H2;5H,1-3H3;3H,1-2H3;2*1H;/q;-1;;;;+3/p-2. The number of benzene rings is 1. The summed E-state index contributed by atoms with van der Waals surface area (Å²) in [6, 6.07) is 8.77. The zero-order valence-electron chi connectivity index (χ0n) is 16.1. The summed E-state index contributed by atoms with van der Waals surface area (Å²) < 4.78 is 4.01. The molecule has 3 rings (SSSR count). The normalized spacial score (nSPS) is 22.7. The van der Waals surface area contributed by atoms with Gasteiger partial charge in [0.2, 0.25) is 0 Å². The Kier molecular flexibility index (Phi) is 5.46. The molecule has 0 radical (unpaired) electrons. The van der Waals surface area contributed by atoms with E-state index in [1.165, 1.54) is 29.7 Å². The van der Waals surface area contributed by atoms with Crippen LogP contribution < -0.4 is 3.26 Å². The number of halogens is 2. The van der Waals surface area contributed by atoms with Crippen molar-refractivity contribution in [3.63, 3.8) is 0 Å². The van der Waals surface area contributed by atoms with Gasteiger partial charge in [0.05, 0.1) is 0 Å². The summed E-state index contributed by atoms with van der Waals surface area (Å²) in [6.07, 6.45) is 4.98. The molecule has 1 aromatic rings. The van der Waals surface area contributed by atoms with Gasteiger partial charge in [-0.05, 0) is 0 Å². The SMILES string of the molecule is C[SiH](C)[Zr]([Cl])([Cl])([NH]C(C)(C)C)[CH]1C=C(N2CCCC2)c2ccccc21. The van der Waals surface area contributed by atoms with Crippen molar-refractivity contribution < 1.29 is 15.8 Å². The molecule has 0 spiro atoms. The van der Waals surface area contributed by atoms with Gasteiger partial charge in [0, 0.05) is 0 Å². The van der Waals surface area contributed by atoms with E-state index in [0.717, 1.165) is 13.1 Å². The minimum absolute atomic E-state index is 0.0782. The molecule has 1 unspecified atom stereocenters. The quantitative estimate of drug-likeness (QED) is 0.579. The number of likely N-dealkylation sites (tertiary alicyclic amines) is 1. The molecule has 1 aromatic carbocycles. The van der Waals surface area contributed by atoms with Gasteiger partial charge in [0.15, 0.2) is 0 Å². The number of nitrogens with one attached hydrogen (secondary N) is 1. The number of rotatable bonds is 4. The molecule has 0 saturated carbocycles. The first-order valence-electron chi connectivity index (χ1n) is 9.45. The van der Waals surface area contributed by atoms with Crippen molar-refractivity contribution in [1.29, 1.82) is 0 Å². The van der Waals surface area contributed by atoms with Crippen molar-refractivity contribution in [2.75, 3.05) is 13.1 Å². The predicted octanol–water partition coefficient (Wildman–Crippen LogP) is 5.46. The second-order valence-electron chi connectivity index (χ2n) is 8.99. The number of nitrogens with zero attached hydrogens (tertiary/aromatic N) is 1. The predicted molar refractivity (Wildman–Crippen MR) is 111 cm³/mol. The second-order valence-corrected chi connectivity index (χ2v) is 49.8. The van der Waals surface area contributed by atoms with E-state index >= 15 is 0 Å². The van der Waals surface area contributed by atoms with Crippen LogP contribution in [0.15, 0.2) is 30.3 Å². The molecule has 1 saturated heterocycles. The van der Waals surface area contributed by atoms with Crippen molar-refractivity contribution >= 4 is 28.6 Å². The Labute approximate surface area is 162 Å². The molecule has 1 aliphatic carbocycles. The van der Waals surface area contributed by atoms with E-state index < -0.39 is 21.8 Å². The molecule has 1 fully saturated rings. The number of hydrogen-bond acceptors (Lipinski definition) is 2. The fraction of sp³-hybridized carbons (Fsp3) is 0.579. The number of allylic oxidation sites excluding steroid dienone is 1. The van der Waals surface area contributed by atoms with Crippen LogP contribution in [0.25, 0.3) is 5.70 Å². The summed E-state index contributed by atoms with van der Waals surface area (Å²) in [7, 11) is 15.2. The van der Waals surface area contributed by atoms with Gasteiger partial charge in [0.1, 0.15) is 0 Å². The molecule has 25 heavy (non-hydrogen) atoms. The first-order chi connectivity index (χ1) is 11.5. The third kappa shape index (κ3) is 3.72. The third-order valence-electron chi connectivity index (χ3n) is 5.59. The summed E-state index contributed by atoms with van der Waals surface area (Å²) in [4.78, 5) is 2.53. The fourth-order valence-corrected chi connectivity index (χ4v) is 29.5. The van der Waals surface area contributed by atoms with Gasteiger partial charge in [-0.3, -0.25) is 0 Å². The van der Waals surface area contributed by atoms with E-state index in [0.29, 0.717) is 0 Å². The molecular weight excluding hydrogens is 446 g/mol. The molecule has 0 aromatic heterocycles. The third-order valence-corrected chi connectivity index (χ3v) is 52.7. The van der Waals surface area contributed by atoms with E-state index in [4.69, 9.17) is 17.0 Å². The molecule has 6 heteroatoms. The molecule has 1 N–H and O–H groups in total. The Hall–Kier alpha value is 0.400. The van der Waals surface area contributed by atoms with Crippen LogP contribution in [0.4, 0.5) is 0 Å². The van der Waals surface area contributed by atoms with Crippen molar-refractivity contribution in [1.82, 2.24) is 8.16 Å². The van der Waals surface area contributed by atoms with Crippen LogP contribution in [0.2, 0.25) is 13.1 Å². The Balaban J connectivity index is 2.13. The van der Waals surface area contributed by atoms with Gasteiger partial charge in [-0.1, -0.05) is 0 Å². The zero-order valence-corrected chi connectivity index (χ0v) is 21.2. The maximum atomic E-state index is 7.58. The number of hydrogen-bond donors (Lipinski definition) is 1. The average Bonchev–Trinajstić information content (AvgIpc) is 3.12. The van der Waals surface area contributed by atoms with Crippen molar-refractivity contribution in [3.05, 3.63) is 41.5 Å². The Morgan fingerprint density at radius 2 is 1.72 bits per heavy atom. The van der Waals surface area contributed by atoms with E-state index in [2.05, 4.69) is 72.4 Å². The van der Waals surface area contributed by atoms with Crippen molar-refractivity contribution in [2.24, 2.45) is 0 Å². The van der Waals surface area contributed by atoms with E-state index in [9.17, 15) is 0 Å². The molecule has 2 nitrogen and oxygen atoms in total. The Morgan fingerprint density at radius 3 is 2.28 bits per heavy atom. The van der Waals surface area contributed by atoms with Gasteiger partial charge < -0.3 is 0 Å². The van der Waals surface area contributed by atoms with Crippen LogP contribution in [0.3, 0.4) is 0 Å². The van der Waals surface area contributed by atoms with E-state index in [1.54, 1.807) is 0 Å². The van der Waals surface area contributed by atoms with E-state index in [1.807, 2.05) is 0 Å². The first kappa shape index (κ1) is 20.1. The summed E-state index contributed by atoms with van der Waals surface area (Å²) in [6.45, 7) is 13.5. The van der Waals surface area contributed by atoms with E-state index in [-0.39, 0.29) is 9.16 Å². The molecule has 1 atom stereocenters. The Bertz CT molecular complexity index is 691. The summed E-state index contributed by atoms with van der Waals surface area (Å²) in [5.74, 6) is -1.32. The van der Waals surface area contributed by atoms with Crippen molar-refractivity contribution in [3.8, 4) is 0 Å². The van der Waals surface area contributed by atoms with Gasteiger partial charge in [-0.25, -0.2) is 0 Å².